The Balaban J connectivity index is 1.34. The minimum Gasteiger partial charge on any atom is -0.494 e. The van der Waals surface area contributed by atoms with Gasteiger partial charge in [0.05, 0.1) is 24.8 Å². The average Bonchev–Trinajstić information content (AvgIpc) is 3.39. The number of benzene rings is 3. The van der Waals surface area contributed by atoms with Gasteiger partial charge in [0.15, 0.2) is 0 Å². The third-order valence-electron chi connectivity index (χ3n) is 7.55. The van der Waals surface area contributed by atoms with E-state index in [9.17, 15) is 9.59 Å². The van der Waals surface area contributed by atoms with Crippen molar-refractivity contribution in [2.45, 2.75) is 45.1 Å². The van der Waals surface area contributed by atoms with Crippen LogP contribution in [0.15, 0.2) is 77.3 Å². The van der Waals surface area contributed by atoms with E-state index in [1.165, 1.54) is 0 Å². The first-order chi connectivity index (χ1) is 20.0. The zero-order valence-corrected chi connectivity index (χ0v) is 23.1. The minimum atomic E-state index is -0.291. The zero-order valence-electron chi connectivity index (χ0n) is 23.1. The van der Waals surface area contributed by atoms with Gasteiger partial charge in [0.1, 0.15) is 23.0 Å². The summed E-state index contributed by atoms with van der Waals surface area (Å²) in [5, 5.41) is 6.92. The van der Waals surface area contributed by atoms with Crippen LogP contribution in [0.3, 0.4) is 0 Å². The molecule has 1 N–H and O–H groups in total. The van der Waals surface area contributed by atoms with Crippen molar-refractivity contribution in [2.75, 3.05) is 19.7 Å². The molecule has 210 valence electrons. The Hall–Kier alpha value is -4.59. The summed E-state index contributed by atoms with van der Waals surface area (Å²) in [7, 11) is 0. The lowest BCUT2D eigenvalue weighted by atomic mass is 9.87. The SMILES string of the molecule is Cc1cc(CC(=O)N2CCc3cc4ccc3C2c2cccc(c2)OCCCNC(=O)CCc2ccc(cc2)O4)on1. The third-order valence-corrected chi connectivity index (χ3v) is 7.55. The lowest BCUT2D eigenvalue weighted by Crippen LogP contribution is -2.41. The fourth-order valence-corrected chi connectivity index (χ4v) is 5.52. The number of carbonyl (C=O) groups excluding carboxylic acids is 2. The van der Waals surface area contributed by atoms with Crippen LogP contribution in [0, 0.1) is 6.92 Å². The molecule has 4 aromatic rings. The molecule has 0 aliphatic carbocycles. The average molecular weight is 552 g/mol. The highest BCUT2D eigenvalue weighted by atomic mass is 16.5. The number of nitrogens with zero attached hydrogens (tertiary/aromatic N) is 2. The second-order valence-electron chi connectivity index (χ2n) is 10.6. The van der Waals surface area contributed by atoms with Crippen molar-refractivity contribution in [3.05, 3.63) is 107 Å². The number of aryl methyl sites for hydroxylation is 2. The predicted octanol–water partition coefficient (Wildman–Crippen LogP) is 5.32. The molecular formula is C33H33N3O5. The van der Waals surface area contributed by atoms with Gasteiger partial charge in [-0.1, -0.05) is 35.5 Å². The van der Waals surface area contributed by atoms with E-state index in [0.29, 0.717) is 51.1 Å². The van der Waals surface area contributed by atoms with E-state index in [1.807, 2.05) is 66.4 Å². The van der Waals surface area contributed by atoms with Crippen molar-refractivity contribution in [3.8, 4) is 17.2 Å². The van der Waals surface area contributed by atoms with E-state index in [-0.39, 0.29) is 24.3 Å². The Morgan fingerprint density at radius 3 is 2.66 bits per heavy atom. The molecule has 1 unspecified atom stereocenters. The topological polar surface area (TPSA) is 93.9 Å². The van der Waals surface area contributed by atoms with E-state index in [0.717, 1.165) is 45.2 Å². The molecule has 0 fully saturated rings. The first-order valence-corrected chi connectivity index (χ1v) is 14.1. The van der Waals surface area contributed by atoms with Crippen LogP contribution < -0.4 is 14.8 Å². The molecule has 0 spiro atoms. The molecule has 5 aliphatic rings. The summed E-state index contributed by atoms with van der Waals surface area (Å²) in [5.41, 5.74) is 5.01. The van der Waals surface area contributed by atoms with Crippen LogP contribution in [0.1, 0.15) is 52.6 Å². The number of hydrogen-bond donors (Lipinski definition) is 1. The normalized spacial score (nSPS) is 17.2. The molecule has 5 aliphatic heterocycles. The van der Waals surface area contributed by atoms with E-state index in [4.69, 9.17) is 14.0 Å². The zero-order chi connectivity index (χ0) is 28.2. The van der Waals surface area contributed by atoms with Crippen molar-refractivity contribution in [1.29, 1.82) is 0 Å². The van der Waals surface area contributed by atoms with Gasteiger partial charge in [0.25, 0.3) is 0 Å². The number of amides is 2. The quantitative estimate of drug-likeness (QED) is 0.362. The molecule has 1 atom stereocenters. The van der Waals surface area contributed by atoms with Gasteiger partial charge in [-0.3, -0.25) is 9.59 Å². The van der Waals surface area contributed by atoms with Crippen molar-refractivity contribution in [2.24, 2.45) is 0 Å². The monoisotopic (exact) mass is 551 g/mol. The van der Waals surface area contributed by atoms with Gasteiger partial charge in [0.2, 0.25) is 11.8 Å². The summed E-state index contributed by atoms with van der Waals surface area (Å²) in [6.45, 7) is 3.43. The third kappa shape index (κ3) is 6.27. The van der Waals surface area contributed by atoms with Crippen LogP contribution in [-0.2, 0) is 28.9 Å². The summed E-state index contributed by atoms with van der Waals surface area (Å²) in [6, 6.07) is 23.4. The van der Waals surface area contributed by atoms with E-state index >= 15 is 0 Å². The largest absolute Gasteiger partial charge is 0.494 e. The molecule has 8 heteroatoms. The Morgan fingerprint density at radius 1 is 0.976 bits per heavy atom. The smallest absolute Gasteiger partial charge is 0.231 e. The molecule has 1 aromatic heterocycles. The van der Waals surface area contributed by atoms with Crippen molar-refractivity contribution < 1.29 is 23.6 Å². The fraction of sp³-hybridized carbons (Fsp3) is 0.303. The molecule has 8 bridgehead atoms. The molecule has 3 aromatic carbocycles. The van der Waals surface area contributed by atoms with Gasteiger partial charge in [-0.2, -0.15) is 0 Å². The van der Waals surface area contributed by atoms with Crippen molar-refractivity contribution in [3.63, 3.8) is 0 Å². The Kier molecular flexibility index (Phi) is 7.71. The molecule has 6 heterocycles. The summed E-state index contributed by atoms with van der Waals surface area (Å²) >= 11 is 0. The number of ether oxygens (including phenoxy) is 2. The van der Waals surface area contributed by atoms with E-state index in [2.05, 4.69) is 22.6 Å². The van der Waals surface area contributed by atoms with Crippen molar-refractivity contribution >= 4 is 11.8 Å². The van der Waals surface area contributed by atoms with Crippen LogP contribution in [-0.4, -0.2) is 41.6 Å². The van der Waals surface area contributed by atoms with E-state index < -0.39 is 0 Å². The molecule has 8 nitrogen and oxygen atoms in total. The number of carbonyl (C=O) groups is 2. The number of rotatable bonds is 2. The standard InChI is InChI=1S/C33H33N3O5/c1-22-18-29(41-35-22)21-32(38)36-16-14-24-19-28-11-12-30(24)33(36)25-4-2-5-27(20-25)39-17-3-15-34-31(37)13-8-23-6-9-26(40-28)10-7-23/h2,4-7,9-12,18-20,33H,3,8,13-17,21H2,1H3,(H,34,37). The number of hydrogen-bond acceptors (Lipinski definition) is 6. The Labute approximate surface area is 239 Å². The number of nitrogens with one attached hydrogen (secondary N) is 1. The van der Waals surface area contributed by atoms with Crippen LogP contribution in [0.4, 0.5) is 0 Å². The lowest BCUT2D eigenvalue weighted by molar-refractivity contribution is -0.132. The summed E-state index contributed by atoms with van der Waals surface area (Å²) in [4.78, 5) is 27.9. The molecule has 2 amide bonds. The van der Waals surface area contributed by atoms with Crippen LogP contribution in [0.5, 0.6) is 17.2 Å². The fourth-order valence-electron chi connectivity index (χ4n) is 5.52. The van der Waals surface area contributed by atoms with Gasteiger partial charge in [-0.05, 0) is 84.8 Å². The van der Waals surface area contributed by atoms with E-state index in [1.54, 1.807) is 6.07 Å². The maximum Gasteiger partial charge on any atom is 0.231 e. The molecule has 9 rings (SSSR count). The second-order valence-corrected chi connectivity index (χ2v) is 10.6. The summed E-state index contributed by atoms with van der Waals surface area (Å²) < 4.78 is 17.6. The van der Waals surface area contributed by atoms with Crippen LogP contribution in [0.2, 0.25) is 0 Å². The van der Waals surface area contributed by atoms with Gasteiger partial charge in [-0.15, -0.1) is 0 Å². The summed E-state index contributed by atoms with van der Waals surface area (Å²) in [6.07, 6.45) is 2.64. The first kappa shape index (κ1) is 26.6. The van der Waals surface area contributed by atoms with Gasteiger partial charge in [0, 0.05) is 25.6 Å². The summed E-state index contributed by atoms with van der Waals surface area (Å²) in [5.74, 6) is 2.77. The molecule has 0 radical (unpaired) electrons. The van der Waals surface area contributed by atoms with Gasteiger partial charge < -0.3 is 24.2 Å². The highest BCUT2D eigenvalue weighted by Gasteiger charge is 2.33. The van der Waals surface area contributed by atoms with Gasteiger partial charge in [-0.25, -0.2) is 0 Å². The maximum atomic E-state index is 13.6. The number of aromatic nitrogens is 1. The van der Waals surface area contributed by atoms with Crippen molar-refractivity contribution in [1.82, 2.24) is 15.4 Å². The first-order valence-electron chi connectivity index (χ1n) is 14.1. The van der Waals surface area contributed by atoms with Crippen LogP contribution in [0.25, 0.3) is 0 Å². The molecule has 0 saturated heterocycles. The Morgan fingerprint density at radius 2 is 1.83 bits per heavy atom. The molecule has 0 saturated carbocycles. The van der Waals surface area contributed by atoms with Gasteiger partial charge >= 0.3 is 0 Å². The second kappa shape index (κ2) is 11.9. The highest BCUT2D eigenvalue weighted by molar-refractivity contribution is 5.80. The highest BCUT2D eigenvalue weighted by Crippen LogP contribution is 2.39. The lowest BCUT2D eigenvalue weighted by Gasteiger charge is -2.38. The molecule has 41 heavy (non-hydrogen) atoms. The Bertz CT molecular complexity index is 1540. The minimum absolute atomic E-state index is 0.0233. The molecular weight excluding hydrogens is 518 g/mol. The predicted molar refractivity (Wildman–Crippen MR) is 153 cm³/mol. The van der Waals surface area contributed by atoms with Crippen LogP contribution >= 0.6 is 0 Å². The maximum absolute atomic E-state index is 13.6.